The zero-order valence-electron chi connectivity index (χ0n) is 11.6. The van der Waals surface area contributed by atoms with Gasteiger partial charge in [-0.1, -0.05) is 13.0 Å². The van der Waals surface area contributed by atoms with Crippen LogP contribution in [0.15, 0.2) is 12.1 Å². The predicted molar refractivity (Wildman–Crippen MR) is 78.1 cm³/mol. The van der Waals surface area contributed by atoms with Crippen LogP contribution in [-0.4, -0.2) is 16.1 Å². The standard InChI is InChI=1S/C15H17NO2S/c1-5-12-13(15(17)18)19-14(16-12)11-7-9(3)8(2)6-10(11)4/h6-7H,5H2,1-4H3,(H,17,18). The van der Waals surface area contributed by atoms with E-state index in [2.05, 4.69) is 31.0 Å². The second kappa shape index (κ2) is 5.13. The minimum absolute atomic E-state index is 0.357. The van der Waals surface area contributed by atoms with Crippen molar-refractivity contribution in [2.45, 2.75) is 34.1 Å². The van der Waals surface area contributed by atoms with Crippen LogP contribution in [0.4, 0.5) is 0 Å². The van der Waals surface area contributed by atoms with Crippen molar-refractivity contribution in [2.75, 3.05) is 0 Å². The Bertz CT molecular complexity index is 644. The summed E-state index contributed by atoms with van der Waals surface area (Å²) in [7, 11) is 0. The van der Waals surface area contributed by atoms with Crippen LogP contribution in [0, 0.1) is 20.8 Å². The molecule has 0 aliphatic heterocycles. The molecule has 0 aliphatic carbocycles. The summed E-state index contributed by atoms with van der Waals surface area (Å²) in [5, 5.41) is 10.00. The van der Waals surface area contributed by atoms with Gasteiger partial charge in [0.05, 0.1) is 5.69 Å². The van der Waals surface area contributed by atoms with Crippen LogP contribution in [0.1, 0.15) is 39.0 Å². The largest absolute Gasteiger partial charge is 0.477 e. The molecule has 100 valence electrons. The lowest BCUT2D eigenvalue weighted by atomic mass is 10.0. The molecule has 1 N–H and O–H groups in total. The highest BCUT2D eigenvalue weighted by Crippen LogP contribution is 2.32. The zero-order chi connectivity index (χ0) is 14.2. The summed E-state index contributed by atoms with van der Waals surface area (Å²) in [6.45, 7) is 8.10. The van der Waals surface area contributed by atoms with Gasteiger partial charge in [0, 0.05) is 5.56 Å². The summed E-state index contributed by atoms with van der Waals surface area (Å²) in [5.41, 5.74) is 5.29. The summed E-state index contributed by atoms with van der Waals surface area (Å²) >= 11 is 1.26. The number of benzene rings is 1. The van der Waals surface area contributed by atoms with Gasteiger partial charge in [0.25, 0.3) is 0 Å². The molecule has 0 spiro atoms. The average Bonchev–Trinajstić information content (AvgIpc) is 2.77. The van der Waals surface area contributed by atoms with Crippen LogP contribution in [0.3, 0.4) is 0 Å². The van der Waals surface area contributed by atoms with Gasteiger partial charge in [-0.15, -0.1) is 11.3 Å². The fraction of sp³-hybridized carbons (Fsp3) is 0.333. The fourth-order valence-corrected chi connectivity index (χ4v) is 3.14. The van der Waals surface area contributed by atoms with Crippen molar-refractivity contribution in [3.8, 4) is 10.6 Å². The monoisotopic (exact) mass is 275 g/mol. The number of carbonyl (C=O) groups is 1. The van der Waals surface area contributed by atoms with E-state index < -0.39 is 5.97 Å². The summed E-state index contributed by atoms with van der Waals surface area (Å²) in [4.78, 5) is 16.0. The molecule has 1 aromatic heterocycles. The van der Waals surface area contributed by atoms with Gasteiger partial charge < -0.3 is 5.11 Å². The molecule has 0 saturated heterocycles. The molecule has 4 heteroatoms. The van der Waals surface area contributed by atoms with Crippen LogP contribution in [0.25, 0.3) is 10.6 Å². The maximum Gasteiger partial charge on any atom is 0.347 e. The topological polar surface area (TPSA) is 50.2 Å². The molecule has 0 saturated carbocycles. The number of hydrogen-bond donors (Lipinski definition) is 1. The fourth-order valence-electron chi connectivity index (χ4n) is 2.06. The Kier molecular flexibility index (Phi) is 3.71. The van der Waals surface area contributed by atoms with Crippen molar-refractivity contribution in [1.82, 2.24) is 4.98 Å². The first-order valence-electron chi connectivity index (χ1n) is 6.25. The first-order chi connectivity index (χ1) is 8.93. The number of nitrogens with zero attached hydrogens (tertiary/aromatic N) is 1. The highest BCUT2D eigenvalue weighted by Gasteiger charge is 2.18. The van der Waals surface area contributed by atoms with E-state index in [1.54, 1.807) is 0 Å². The number of aryl methyl sites for hydroxylation is 4. The molecule has 1 heterocycles. The summed E-state index contributed by atoms with van der Waals surface area (Å²) in [5.74, 6) is -0.887. The van der Waals surface area contributed by atoms with E-state index in [-0.39, 0.29) is 0 Å². The Morgan fingerprint density at radius 1 is 1.21 bits per heavy atom. The molecular weight excluding hydrogens is 258 g/mol. The van der Waals surface area contributed by atoms with Gasteiger partial charge in [-0.05, 0) is 49.9 Å². The van der Waals surface area contributed by atoms with Crippen molar-refractivity contribution in [2.24, 2.45) is 0 Å². The lowest BCUT2D eigenvalue weighted by molar-refractivity contribution is 0.0701. The van der Waals surface area contributed by atoms with E-state index in [1.165, 1.54) is 22.5 Å². The SMILES string of the molecule is CCc1nc(-c2cc(C)c(C)cc2C)sc1C(=O)O. The van der Waals surface area contributed by atoms with E-state index in [0.717, 1.165) is 16.1 Å². The number of hydrogen-bond acceptors (Lipinski definition) is 3. The van der Waals surface area contributed by atoms with Gasteiger partial charge in [0.2, 0.25) is 0 Å². The van der Waals surface area contributed by atoms with Gasteiger partial charge >= 0.3 is 5.97 Å². The highest BCUT2D eigenvalue weighted by molar-refractivity contribution is 7.17. The maximum atomic E-state index is 11.2. The minimum Gasteiger partial charge on any atom is -0.477 e. The van der Waals surface area contributed by atoms with Gasteiger partial charge in [-0.3, -0.25) is 0 Å². The van der Waals surface area contributed by atoms with E-state index in [0.29, 0.717) is 17.0 Å². The van der Waals surface area contributed by atoms with Crippen LogP contribution < -0.4 is 0 Å². The Morgan fingerprint density at radius 3 is 2.37 bits per heavy atom. The third-order valence-electron chi connectivity index (χ3n) is 3.30. The molecule has 0 atom stereocenters. The lowest BCUT2D eigenvalue weighted by Gasteiger charge is -2.07. The third-order valence-corrected chi connectivity index (χ3v) is 4.42. The quantitative estimate of drug-likeness (QED) is 0.921. The van der Waals surface area contributed by atoms with Crippen molar-refractivity contribution in [3.63, 3.8) is 0 Å². The van der Waals surface area contributed by atoms with Gasteiger partial charge in [0.15, 0.2) is 0 Å². The van der Waals surface area contributed by atoms with Gasteiger partial charge in [-0.2, -0.15) is 0 Å². The maximum absolute atomic E-state index is 11.2. The van der Waals surface area contributed by atoms with Crippen LogP contribution >= 0.6 is 11.3 Å². The molecule has 0 bridgehead atoms. The Morgan fingerprint density at radius 2 is 1.84 bits per heavy atom. The molecular formula is C15H17NO2S. The normalized spacial score (nSPS) is 10.7. The van der Waals surface area contributed by atoms with Crippen molar-refractivity contribution < 1.29 is 9.90 Å². The molecule has 0 unspecified atom stereocenters. The molecule has 2 rings (SSSR count). The number of carboxylic acid groups (broad SMARTS) is 1. The summed E-state index contributed by atoms with van der Waals surface area (Å²) < 4.78 is 0. The van der Waals surface area contributed by atoms with Gasteiger partial charge in [-0.25, -0.2) is 9.78 Å². The molecule has 0 amide bonds. The van der Waals surface area contributed by atoms with Gasteiger partial charge in [0.1, 0.15) is 9.88 Å². The molecule has 2 aromatic rings. The summed E-state index contributed by atoms with van der Waals surface area (Å²) in [6, 6.07) is 4.21. The predicted octanol–water partition coefficient (Wildman–Crippen LogP) is 4.00. The zero-order valence-corrected chi connectivity index (χ0v) is 12.4. The van der Waals surface area contributed by atoms with Crippen molar-refractivity contribution >= 4 is 17.3 Å². The lowest BCUT2D eigenvalue weighted by Crippen LogP contribution is -1.97. The first-order valence-corrected chi connectivity index (χ1v) is 7.07. The smallest absolute Gasteiger partial charge is 0.347 e. The average molecular weight is 275 g/mol. The Hall–Kier alpha value is -1.68. The molecule has 0 fully saturated rings. The van der Waals surface area contributed by atoms with E-state index in [4.69, 9.17) is 0 Å². The first kappa shape index (κ1) is 13.7. The number of aromatic carboxylic acids is 1. The molecule has 1 aromatic carbocycles. The molecule has 0 radical (unpaired) electrons. The van der Waals surface area contributed by atoms with Crippen molar-refractivity contribution in [1.29, 1.82) is 0 Å². The molecule has 19 heavy (non-hydrogen) atoms. The number of rotatable bonds is 3. The number of thiazole rings is 1. The number of carboxylic acids is 1. The minimum atomic E-state index is -0.887. The van der Waals surface area contributed by atoms with Crippen LogP contribution in [-0.2, 0) is 6.42 Å². The highest BCUT2D eigenvalue weighted by atomic mass is 32.1. The second-order valence-corrected chi connectivity index (χ2v) is 5.70. The van der Waals surface area contributed by atoms with Crippen LogP contribution in [0.5, 0.6) is 0 Å². The molecule has 0 aliphatic rings. The Balaban J connectivity index is 2.59. The van der Waals surface area contributed by atoms with Crippen LogP contribution in [0.2, 0.25) is 0 Å². The second-order valence-electron chi connectivity index (χ2n) is 4.70. The third kappa shape index (κ3) is 2.54. The van der Waals surface area contributed by atoms with Crippen molar-refractivity contribution in [3.05, 3.63) is 39.4 Å². The molecule has 3 nitrogen and oxygen atoms in total. The van der Waals surface area contributed by atoms with E-state index in [1.807, 2.05) is 13.8 Å². The number of aromatic nitrogens is 1. The van der Waals surface area contributed by atoms with E-state index >= 15 is 0 Å². The Labute approximate surface area is 116 Å². The van der Waals surface area contributed by atoms with E-state index in [9.17, 15) is 9.90 Å². The summed E-state index contributed by atoms with van der Waals surface area (Å²) in [6.07, 6.45) is 0.641.